The molecule has 7 aromatic carbocycles. The van der Waals surface area contributed by atoms with Crippen molar-refractivity contribution in [1.82, 2.24) is 19.5 Å². The Morgan fingerprint density at radius 2 is 0.900 bits per heavy atom. The summed E-state index contributed by atoms with van der Waals surface area (Å²) in [5, 5.41) is 4.53. The highest BCUT2D eigenvalue weighted by Crippen LogP contribution is 2.43. The van der Waals surface area contributed by atoms with Crippen molar-refractivity contribution in [3.05, 3.63) is 170 Å². The number of hydrogen-bond acceptors (Lipinski definition) is 4. The summed E-state index contributed by atoms with van der Waals surface area (Å²) in [5.74, 6) is 1.84. The van der Waals surface area contributed by atoms with Gasteiger partial charge in [0.1, 0.15) is 11.2 Å². The molecule has 0 atom stereocenters. The molecule has 50 heavy (non-hydrogen) atoms. The van der Waals surface area contributed by atoms with Gasteiger partial charge in [0.15, 0.2) is 17.5 Å². The van der Waals surface area contributed by atoms with Crippen molar-refractivity contribution in [1.29, 1.82) is 0 Å². The molecule has 10 rings (SSSR count). The predicted molar refractivity (Wildman–Crippen MR) is 203 cm³/mol. The van der Waals surface area contributed by atoms with Crippen LogP contribution in [0.2, 0.25) is 0 Å². The third-order valence-electron chi connectivity index (χ3n) is 9.46. The van der Waals surface area contributed by atoms with Gasteiger partial charge in [-0.15, -0.1) is 0 Å². The van der Waals surface area contributed by atoms with E-state index in [1.54, 1.807) is 0 Å². The van der Waals surface area contributed by atoms with Gasteiger partial charge in [-0.1, -0.05) is 133 Å². The molecular weight excluding hydrogens is 613 g/mol. The maximum Gasteiger partial charge on any atom is 0.164 e. The van der Waals surface area contributed by atoms with Crippen LogP contribution >= 0.6 is 0 Å². The Labute approximate surface area is 287 Å². The van der Waals surface area contributed by atoms with E-state index in [1.807, 2.05) is 66.7 Å². The minimum atomic E-state index is 0.589. The van der Waals surface area contributed by atoms with Crippen molar-refractivity contribution in [2.24, 2.45) is 0 Å². The summed E-state index contributed by atoms with van der Waals surface area (Å²) >= 11 is 0. The first-order valence-corrected chi connectivity index (χ1v) is 16.7. The Hall–Kier alpha value is -6.85. The molecule has 0 aliphatic rings. The molecule has 3 heterocycles. The van der Waals surface area contributed by atoms with Gasteiger partial charge in [0, 0.05) is 38.4 Å². The normalized spacial score (nSPS) is 11.6. The summed E-state index contributed by atoms with van der Waals surface area (Å²) in [4.78, 5) is 14.9. The van der Waals surface area contributed by atoms with Crippen LogP contribution in [0, 0.1) is 0 Å². The molecular formula is C45H28N4O. The third kappa shape index (κ3) is 4.52. The largest absolute Gasteiger partial charge is 0.455 e. The number of benzene rings is 7. The van der Waals surface area contributed by atoms with E-state index in [0.717, 1.165) is 66.5 Å². The molecule has 0 bridgehead atoms. The van der Waals surface area contributed by atoms with Crippen LogP contribution in [0.4, 0.5) is 0 Å². The Kier molecular flexibility index (Phi) is 6.42. The number of para-hydroxylation sites is 2. The number of rotatable bonds is 5. The monoisotopic (exact) mass is 640 g/mol. The fourth-order valence-corrected chi connectivity index (χ4v) is 7.15. The SMILES string of the molecule is c1ccc(-c2nc(-c3ccccc3)nc(-c3ccc4c(c3)oc3c(-c5ccccc5)ccc(-n5c6ccccc6c6ccccc65)c34)n2)cc1. The smallest absolute Gasteiger partial charge is 0.164 e. The van der Waals surface area contributed by atoms with Crippen LogP contribution < -0.4 is 0 Å². The topological polar surface area (TPSA) is 56.7 Å². The van der Waals surface area contributed by atoms with Gasteiger partial charge in [-0.3, -0.25) is 0 Å². The second-order valence-electron chi connectivity index (χ2n) is 12.4. The van der Waals surface area contributed by atoms with Crippen LogP contribution in [-0.2, 0) is 0 Å². The lowest BCUT2D eigenvalue weighted by atomic mass is 10.0. The maximum absolute atomic E-state index is 6.91. The Morgan fingerprint density at radius 3 is 1.48 bits per heavy atom. The summed E-state index contributed by atoms with van der Waals surface area (Å²) in [6.07, 6.45) is 0. The lowest BCUT2D eigenvalue weighted by Gasteiger charge is -2.12. The van der Waals surface area contributed by atoms with Gasteiger partial charge >= 0.3 is 0 Å². The first-order chi connectivity index (χ1) is 24.8. The maximum atomic E-state index is 6.91. The Morgan fingerprint density at radius 1 is 0.400 bits per heavy atom. The second-order valence-corrected chi connectivity index (χ2v) is 12.4. The number of hydrogen-bond donors (Lipinski definition) is 0. The second kappa shape index (κ2) is 11.4. The minimum absolute atomic E-state index is 0.589. The fraction of sp³-hybridized carbons (Fsp3) is 0. The average Bonchev–Trinajstić information content (AvgIpc) is 3.75. The molecule has 0 aliphatic carbocycles. The van der Waals surface area contributed by atoms with Crippen molar-refractivity contribution in [3.63, 3.8) is 0 Å². The quantitative estimate of drug-likeness (QED) is 0.188. The standard InChI is InChI=1S/C45H28N4O/c1-4-14-29(15-5-1)33-26-27-39(49-37-22-12-10-20-34(37)35-21-11-13-23-38(35)49)41-36-25-24-32(28-40(36)50-42(33)41)45-47-43(30-16-6-2-7-17-30)46-44(48-45)31-18-8-3-9-19-31/h1-28H. The van der Waals surface area contributed by atoms with Crippen molar-refractivity contribution in [2.75, 3.05) is 0 Å². The van der Waals surface area contributed by atoms with E-state index in [4.69, 9.17) is 19.4 Å². The summed E-state index contributed by atoms with van der Waals surface area (Å²) in [7, 11) is 0. The van der Waals surface area contributed by atoms with Crippen molar-refractivity contribution >= 4 is 43.7 Å². The zero-order chi connectivity index (χ0) is 33.0. The number of nitrogens with zero attached hydrogens (tertiary/aromatic N) is 4. The van der Waals surface area contributed by atoms with Crippen molar-refractivity contribution in [2.45, 2.75) is 0 Å². The van der Waals surface area contributed by atoms with E-state index >= 15 is 0 Å². The zero-order valence-corrected chi connectivity index (χ0v) is 26.9. The van der Waals surface area contributed by atoms with E-state index < -0.39 is 0 Å². The molecule has 10 aromatic rings. The molecule has 3 aromatic heterocycles. The lowest BCUT2D eigenvalue weighted by Crippen LogP contribution is -2.00. The highest BCUT2D eigenvalue weighted by Gasteiger charge is 2.21. The molecule has 0 unspecified atom stereocenters. The van der Waals surface area contributed by atoms with Crippen molar-refractivity contribution < 1.29 is 4.42 Å². The third-order valence-corrected chi connectivity index (χ3v) is 9.46. The summed E-state index contributed by atoms with van der Waals surface area (Å²) in [5.41, 5.74) is 9.85. The van der Waals surface area contributed by atoms with Gasteiger partial charge in [-0.05, 0) is 42.0 Å². The molecule has 0 saturated heterocycles. The zero-order valence-electron chi connectivity index (χ0n) is 26.9. The van der Waals surface area contributed by atoms with E-state index in [-0.39, 0.29) is 0 Å². The van der Waals surface area contributed by atoms with Gasteiger partial charge in [0.2, 0.25) is 0 Å². The first kappa shape index (κ1) is 28.2. The van der Waals surface area contributed by atoms with E-state index in [0.29, 0.717) is 17.5 Å². The highest BCUT2D eigenvalue weighted by atomic mass is 16.3. The molecule has 0 amide bonds. The molecule has 0 saturated carbocycles. The van der Waals surface area contributed by atoms with Gasteiger partial charge in [-0.2, -0.15) is 0 Å². The van der Waals surface area contributed by atoms with Crippen LogP contribution in [-0.4, -0.2) is 19.5 Å². The number of fused-ring (bicyclic) bond motifs is 6. The fourth-order valence-electron chi connectivity index (χ4n) is 7.15. The van der Waals surface area contributed by atoms with Gasteiger partial charge in [0.25, 0.3) is 0 Å². The summed E-state index contributed by atoms with van der Waals surface area (Å²) in [6, 6.07) is 58.5. The molecule has 5 heteroatoms. The lowest BCUT2D eigenvalue weighted by molar-refractivity contribution is 0.670. The highest BCUT2D eigenvalue weighted by molar-refractivity contribution is 6.17. The minimum Gasteiger partial charge on any atom is -0.455 e. The molecule has 0 N–H and O–H groups in total. The summed E-state index contributed by atoms with van der Waals surface area (Å²) in [6.45, 7) is 0. The van der Waals surface area contributed by atoms with Crippen LogP contribution in [0.5, 0.6) is 0 Å². The number of furan rings is 1. The first-order valence-electron chi connectivity index (χ1n) is 16.7. The van der Waals surface area contributed by atoms with Gasteiger partial charge in [-0.25, -0.2) is 15.0 Å². The molecule has 5 nitrogen and oxygen atoms in total. The molecule has 0 fully saturated rings. The molecule has 0 aliphatic heterocycles. The molecule has 234 valence electrons. The van der Waals surface area contributed by atoms with E-state index in [2.05, 4.69) is 108 Å². The van der Waals surface area contributed by atoms with Gasteiger partial charge in [0.05, 0.1) is 22.1 Å². The van der Waals surface area contributed by atoms with Crippen molar-refractivity contribution in [3.8, 4) is 51.0 Å². The van der Waals surface area contributed by atoms with Crippen LogP contribution in [0.3, 0.4) is 0 Å². The van der Waals surface area contributed by atoms with E-state index in [9.17, 15) is 0 Å². The number of aromatic nitrogens is 4. The molecule has 0 radical (unpaired) electrons. The van der Waals surface area contributed by atoms with Gasteiger partial charge < -0.3 is 8.98 Å². The van der Waals surface area contributed by atoms with E-state index in [1.165, 1.54) is 10.8 Å². The van der Waals surface area contributed by atoms with Crippen LogP contribution in [0.25, 0.3) is 94.7 Å². The van der Waals surface area contributed by atoms with Crippen LogP contribution in [0.1, 0.15) is 0 Å². The summed E-state index contributed by atoms with van der Waals surface area (Å²) < 4.78 is 9.28. The Balaban J connectivity index is 1.24. The Bertz CT molecular complexity index is 2750. The molecule has 0 spiro atoms. The average molecular weight is 641 g/mol. The van der Waals surface area contributed by atoms with Crippen LogP contribution in [0.15, 0.2) is 174 Å². The predicted octanol–water partition coefficient (Wildman–Crippen LogP) is 11.5.